The van der Waals surface area contributed by atoms with Gasteiger partial charge in [0.25, 0.3) is 0 Å². The lowest BCUT2D eigenvalue weighted by Crippen LogP contribution is -2.46. The molecular weight excluding hydrogens is 358 g/mol. The van der Waals surface area contributed by atoms with Crippen molar-refractivity contribution in [1.82, 2.24) is 5.32 Å². The fourth-order valence-corrected chi connectivity index (χ4v) is 2.91. The highest BCUT2D eigenvalue weighted by Gasteiger charge is 2.27. The molecule has 0 fully saturated rings. The first-order valence-corrected chi connectivity index (χ1v) is 11.2. The molecule has 6 nitrogen and oxygen atoms in total. The van der Waals surface area contributed by atoms with Crippen molar-refractivity contribution in [3.63, 3.8) is 0 Å². The second kappa shape index (κ2) is 19.0. The summed E-state index contributed by atoms with van der Waals surface area (Å²) in [6, 6.07) is -0.678. The predicted octanol–water partition coefficient (Wildman–Crippen LogP) is 5.24. The second-order valence-electron chi connectivity index (χ2n) is 7.49. The van der Waals surface area contributed by atoms with Crippen molar-refractivity contribution in [3.05, 3.63) is 0 Å². The van der Waals surface area contributed by atoms with Crippen molar-refractivity contribution in [2.75, 3.05) is 26.9 Å². The van der Waals surface area contributed by atoms with E-state index in [0.717, 1.165) is 19.3 Å². The lowest BCUT2D eigenvalue weighted by atomic mass is 9.99. The largest absolute Gasteiger partial charge is 0.464 e. The minimum atomic E-state index is -0.678. The maximum atomic E-state index is 12.4. The van der Waals surface area contributed by atoms with Gasteiger partial charge >= 0.3 is 12.1 Å². The first-order chi connectivity index (χ1) is 13.6. The Morgan fingerprint density at radius 2 is 1.36 bits per heavy atom. The number of carbonyl (C=O) groups is 2. The van der Waals surface area contributed by atoms with Gasteiger partial charge in [-0.3, -0.25) is 0 Å². The summed E-state index contributed by atoms with van der Waals surface area (Å²) in [7, 11) is 1.54. The van der Waals surface area contributed by atoms with E-state index < -0.39 is 12.1 Å². The Hall–Kier alpha value is -1.30. The van der Waals surface area contributed by atoms with E-state index in [4.69, 9.17) is 14.2 Å². The topological polar surface area (TPSA) is 73.9 Å². The van der Waals surface area contributed by atoms with E-state index in [1.807, 2.05) is 13.8 Å². The van der Waals surface area contributed by atoms with E-state index in [1.165, 1.54) is 58.5 Å². The summed E-state index contributed by atoms with van der Waals surface area (Å²) in [4.78, 5) is 24.2. The zero-order valence-corrected chi connectivity index (χ0v) is 18.6. The summed E-state index contributed by atoms with van der Waals surface area (Å²) in [5.41, 5.74) is 0. The molecule has 0 spiro atoms. The Labute approximate surface area is 172 Å². The summed E-state index contributed by atoms with van der Waals surface area (Å²) in [5, 5.41) is 2.62. The molecule has 0 aromatic heterocycles. The van der Waals surface area contributed by atoms with Crippen molar-refractivity contribution in [3.8, 4) is 0 Å². The van der Waals surface area contributed by atoms with Crippen LogP contribution in [-0.2, 0) is 19.0 Å². The molecule has 0 heterocycles. The van der Waals surface area contributed by atoms with Crippen LogP contribution in [0.2, 0.25) is 0 Å². The Kier molecular flexibility index (Phi) is 18.2. The molecule has 1 amide bonds. The number of alkyl carbamates (subject to hydrolysis) is 1. The molecule has 0 saturated carbocycles. The predicted molar refractivity (Wildman–Crippen MR) is 112 cm³/mol. The van der Waals surface area contributed by atoms with Crippen molar-refractivity contribution in [2.45, 2.75) is 97.4 Å². The average Bonchev–Trinajstić information content (AvgIpc) is 2.69. The lowest BCUT2D eigenvalue weighted by molar-refractivity contribution is -0.147. The molecule has 0 aromatic rings. The Balaban J connectivity index is 3.92. The normalized spacial score (nSPS) is 13.0. The summed E-state index contributed by atoms with van der Waals surface area (Å²) >= 11 is 0. The van der Waals surface area contributed by atoms with Crippen LogP contribution >= 0.6 is 0 Å². The van der Waals surface area contributed by atoms with Gasteiger partial charge < -0.3 is 19.5 Å². The van der Waals surface area contributed by atoms with Crippen LogP contribution in [-0.4, -0.2) is 45.0 Å². The SMILES string of the molecule is CCCCCCCCCCCCOC(=O)C(NC(=O)OCCOC)C(C)CC. The summed E-state index contributed by atoms with van der Waals surface area (Å²) in [6.07, 6.45) is 12.5. The van der Waals surface area contributed by atoms with Gasteiger partial charge in [0.2, 0.25) is 0 Å². The zero-order chi connectivity index (χ0) is 21.0. The van der Waals surface area contributed by atoms with Gasteiger partial charge in [0, 0.05) is 7.11 Å². The van der Waals surface area contributed by atoms with E-state index in [0.29, 0.717) is 13.2 Å². The van der Waals surface area contributed by atoms with Gasteiger partial charge in [0.1, 0.15) is 12.6 Å². The molecule has 2 atom stereocenters. The highest BCUT2D eigenvalue weighted by Crippen LogP contribution is 2.12. The van der Waals surface area contributed by atoms with E-state index >= 15 is 0 Å². The van der Waals surface area contributed by atoms with Gasteiger partial charge in [0.15, 0.2) is 0 Å². The van der Waals surface area contributed by atoms with Gasteiger partial charge in [-0.05, 0) is 12.3 Å². The summed E-state index contributed by atoms with van der Waals surface area (Å²) in [5.74, 6) is -0.399. The molecule has 28 heavy (non-hydrogen) atoms. The van der Waals surface area contributed by atoms with Gasteiger partial charge in [-0.2, -0.15) is 0 Å². The minimum Gasteiger partial charge on any atom is -0.464 e. The molecule has 6 heteroatoms. The fraction of sp³-hybridized carbons (Fsp3) is 0.909. The second-order valence-corrected chi connectivity index (χ2v) is 7.49. The highest BCUT2D eigenvalue weighted by molar-refractivity contribution is 5.81. The standard InChI is InChI=1S/C22H43NO5/c1-5-7-8-9-10-11-12-13-14-15-16-27-21(24)20(19(3)6-2)23-22(25)28-18-17-26-4/h19-20H,5-18H2,1-4H3,(H,23,25). The molecule has 1 N–H and O–H groups in total. The fourth-order valence-electron chi connectivity index (χ4n) is 2.91. The molecule has 0 aromatic carbocycles. The van der Waals surface area contributed by atoms with Gasteiger partial charge in [-0.1, -0.05) is 85.0 Å². The van der Waals surface area contributed by atoms with Crippen LogP contribution in [0.5, 0.6) is 0 Å². The molecule has 166 valence electrons. The number of ether oxygens (including phenoxy) is 3. The molecule has 0 aliphatic carbocycles. The highest BCUT2D eigenvalue weighted by atomic mass is 16.6. The molecule has 0 saturated heterocycles. The van der Waals surface area contributed by atoms with E-state index in [-0.39, 0.29) is 18.5 Å². The Bertz CT molecular complexity index is 389. The first kappa shape index (κ1) is 26.7. The molecule has 2 unspecified atom stereocenters. The minimum absolute atomic E-state index is 0.0183. The zero-order valence-electron chi connectivity index (χ0n) is 18.6. The number of nitrogens with one attached hydrogen (secondary N) is 1. The number of unbranched alkanes of at least 4 members (excludes halogenated alkanes) is 9. The molecule has 0 rings (SSSR count). The first-order valence-electron chi connectivity index (χ1n) is 11.2. The Morgan fingerprint density at radius 1 is 0.786 bits per heavy atom. The van der Waals surface area contributed by atoms with Gasteiger partial charge in [-0.25, -0.2) is 9.59 Å². The molecule has 0 bridgehead atoms. The van der Waals surface area contributed by atoms with Crippen molar-refractivity contribution < 1.29 is 23.8 Å². The number of methoxy groups -OCH3 is 1. The summed E-state index contributed by atoms with van der Waals surface area (Å²) < 4.78 is 15.2. The number of rotatable bonds is 18. The van der Waals surface area contributed by atoms with Crippen molar-refractivity contribution in [1.29, 1.82) is 0 Å². The number of amides is 1. The van der Waals surface area contributed by atoms with Crippen LogP contribution in [0.4, 0.5) is 4.79 Å². The third-order valence-electron chi connectivity index (χ3n) is 5.00. The molecule has 0 aliphatic rings. The van der Waals surface area contributed by atoms with Crippen LogP contribution in [0.15, 0.2) is 0 Å². The van der Waals surface area contributed by atoms with Gasteiger partial charge in [0.05, 0.1) is 13.2 Å². The molecular formula is C22H43NO5. The maximum absolute atomic E-state index is 12.4. The maximum Gasteiger partial charge on any atom is 0.407 e. The third kappa shape index (κ3) is 14.7. The van der Waals surface area contributed by atoms with Crippen LogP contribution in [0.3, 0.4) is 0 Å². The smallest absolute Gasteiger partial charge is 0.407 e. The number of hydrogen-bond acceptors (Lipinski definition) is 5. The monoisotopic (exact) mass is 401 g/mol. The van der Waals surface area contributed by atoms with Crippen LogP contribution in [0.25, 0.3) is 0 Å². The average molecular weight is 402 g/mol. The molecule has 0 radical (unpaired) electrons. The van der Waals surface area contributed by atoms with Crippen molar-refractivity contribution in [2.24, 2.45) is 5.92 Å². The number of carbonyl (C=O) groups excluding carboxylic acids is 2. The lowest BCUT2D eigenvalue weighted by Gasteiger charge is -2.22. The molecule has 0 aliphatic heterocycles. The summed E-state index contributed by atoms with van der Waals surface area (Å²) in [6.45, 7) is 7.02. The van der Waals surface area contributed by atoms with E-state index in [1.54, 1.807) is 0 Å². The van der Waals surface area contributed by atoms with Crippen LogP contribution < -0.4 is 5.32 Å². The van der Waals surface area contributed by atoms with E-state index in [9.17, 15) is 9.59 Å². The Morgan fingerprint density at radius 3 is 1.89 bits per heavy atom. The number of hydrogen-bond donors (Lipinski definition) is 1. The van der Waals surface area contributed by atoms with Gasteiger partial charge in [-0.15, -0.1) is 0 Å². The number of esters is 1. The van der Waals surface area contributed by atoms with Crippen molar-refractivity contribution >= 4 is 12.1 Å². The van der Waals surface area contributed by atoms with Crippen LogP contribution in [0, 0.1) is 5.92 Å². The quantitative estimate of drug-likeness (QED) is 0.251. The van der Waals surface area contributed by atoms with E-state index in [2.05, 4.69) is 12.2 Å². The van der Waals surface area contributed by atoms with Crippen LogP contribution in [0.1, 0.15) is 91.4 Å². The third-order valence-corrected chi connectivity index (χ3v) is 5.00.